The zero-order valence-electron chi connectivity index (χ0n) is 19.9. The van der Waals surface area contributed by atoms with Gasteiger partial charge in [-0.15, -0.1) is 6.58 Å². The van der Waals surface area contributed by atoms with E-state index in [0.717, 1.165) is 31.8 Å². The maximum atomic E-state index is 12.1. The van der Waals surface area contributed by atoms with Gasteiger partial charge in [-0.3, -0.25) is 14.8 Å². The topological polar surface area (TPSA) is 84.7 Å². The van der Waals surface area contributed by atoms with Crippen LogP contribution in [-0.2, 0) is 25.9 Å². The lowest BCUT2D eigenvalue weighted by Crippen LogP contribution is -2.26. The van der Waals surface area contributed by atoms with Crippen molar-refractivity contribution >= 4 is 29.1 Å². The highest BCUT2D eigenvalue weighted by Crippen LogP contribution is 2.22. The van der Waals surface area contributed by atoms with Gasteiger partial charge in [0.15, 0.2) is 0 Å². The molecule has 0 spiro atoms. The van der Waals surface area contributed by atoms with Crippen molar-refractivity contribution in [1.82, 2.24) is 30.2 Å². The maximum absolute atomic E-state index is 12.1. The van der Waals surface area contributed by atoms with Gasteiger partial charge in [0.25, 0.3) is 5.91 Å². The molecule has 0 atom stereocenters. The van der Waals surface area contributed by atoms with Gasteiger partial charge in [0, 0.05) is 49.8 Å². The minimum atomic E-state index is -0.281. The summed E-state index contributed by atoms with van der Waals surface area (Å²) in [5, 5.41) is 6.67. The van der Waals surface area contributed by atoms with Crippen LogP contribution in [-0.4, -0.2) is 38.5 Å². The Morgan fingerprint density at radius 3 is 2.63 bits per heavy atom. The predicted octanol–water partition coefficient (Wildman–Crippen LogP) is 5.03. The Morgan fingerprint density at radius 2 is 1.86 bits per heavy atom. The standard InChI is InChI=1S/C17H21Cl2N5O.C9H11N/c1-2-8-24-9-7-22-15(24)12-20-5-3-4-6-23-17(25)16-13(18)10-21-11-14(16)19;1-2-6-9-8(4-1)5-3-7-10-9/h2,7,9-11,20H,1,3-6,8,12H2,(H,23,25);3,5,7H,1-2,4,6H2. The molecular weight excluding hydrogens is 483 g/mol. The van der Waals surface area contributed by atoms with Gasteiger partial charge in [-0.1, -0.05) is 35.3 Å². The zero-order valence-corrected chi connectivity index (χ0v) is 21.4. The minimum Gasteiger partial charge on any atom is -0.352 e. The first kappa shape index (κ1) is 26.9. The van der Waals surface area contributed by atoms with E-state index in [-0.39, 0.29) is 21.5 Å². The molecule has 0 saturated heterocycles. The summed E-state index contributed by atoms with van der Waals surface area (Å²) in [6.45, 7) is 6.58. The number of pyridine rings is 2. The Hall–Kier alpha value is -2.74. The van der Waals surface area contributed by atoms with E-state index in [1.165, 1.54) is 49.3 Å². The SMILES string of the molecule is C=CCn1ccnc1CNCCCCNC(=O)c1c(Cl)cncc1Cl.c1cnc2c(c1)CCCC2. The van der Waals surface area contributed by atoms with Crippen LogP contribution in [0.5, 0.6) is 0 Å². The van der Waals surface area contributed by atoms with Crippen LogP contribution in [0.15, 0.2) is 55.8 Å². The lowest BCUT2D eigenvalue weighted by Gasteiger charge is -2.12. The Kier molecular flexibility index (Phi) is 11.2. The van der Waals surface area contributed by atoms with Crippen LogP contribution in [0.3, 0.4) is 0 Å². The summed E-state index contributed by atoms with van der Waals surface area (Å²) in [5.41, 5.74) is 3.06. The van der Waals surface area contributed by atoms with E-state index in [0.29, 0.717) is 13.1 Å². The number of nitrogens with one attached hydrogen (secondary N) is 2. The number of allylic oxidation sites excluding steroid dienone is 1. The van der Waals surface area contributed by atoms with Gasteiger partial charge in [0.1, 0.15) is 5.82 Å². The van der Waals surface area contributed by atoms with Gasteiger partial charge in [0.2, 0.25) is 0 Å². The fraction of sp³-hybridized carbons (Fsp3) is 0.385. The Bertz CT molecular complexity index is 1060. The molecule has 0 radical (unpaired) electrons. The van der Waals surface area contributed by atoms with Gasteiger partial charge in [0.05, 0.1) is 22.2 Å². The maximum Gasteiger partial charge on any atom is 0.254 e. The number of carbonyl (C=O) groups excluding carboxylic acids is 1. The van der Waals surface area contributed by atoms with Crippen molar-refractivity contribution in [2.75, 3.05) is 13.1 Å². The molecule has 1 aliphatic carbocycles. The molecule has 0 aliphatic heterocycles. The molecule has 3 aromatic rings. The predicted molar refractivity (Wildman–Crippen MR) is 141 cm³/mol. The largest absolute Gasteiger partial charge is 0.352 e. The van der Waals surface area contributed by atoms with Crippen LogP contribution in [0, 0.1) is 0 Å². The minimum absolute atomic E-state index is 0.252. The number of rotatable bonds is 10. The van der Waals surface area contributed by atoms with Crippen LogP contribution < -0.4 is 10.6 Å². The molecule has 7 nitrogen and oxygen atoms in total. The van der Waals surface area contributed by atoms with E-state index in [1.807, 2.05) is 29.1 Å². The smallest absolute Gasteiger partial charge is 0.254 e. The summed E-state index contributed by atoms with van der Waals surface area (Å²) in [6.07, 6.45) is 17.1. The molecule has 3 heterocycles. The quantitative estimate of drug-likeness (QED) is 0.292. The van der Waals surface area contributed by atoms with E-state index in [2.05, 4.69) is 38.2 Å². The van der Waals surface area contributed by atoms with E-state index < -0.39 is 0 Å². The van der Waals surface area contributed by atoms with E-state index in [1.54, 1.807) is 6.20 Å². The highest BCUT2D eigenvalue weighted by atomic mass is 35.5. The van der Waals surface area contributed by atoms with Crippen LogP contribution >= 0.6 is 23.2 Å². The number of hydrogen-bond donors (Lipinski definition) is 2. The van der Waals surface area contributed by atoms with Crippen molar-refractivity contribution in [3.05, 3.63) is 88.5 Å². The van der Waals surface area contributed by atoms with E-state index >= 15 is 0 Å². The molecule has 0 bridgehead atoms. The fourth-order valence-corrected chi connectivity index (χ4v) is 4.37. The number of aryl methyl sites for hydroxylation is 2. The molecule has 0 fully saturated rings. The highest BCUT2D eigenvalue weighted by Gasteiger charge is 2.14. The summed E-state index contributed by atoms with van der Waals surface area (Å²) in [5.74, 6) is 0.701. The van der Waals surface area contributed by atoms with Crippen molar-refractivity contribution < 1.29 is 4.79 Å². The number of halogens is 2. The van der Waals surface area contributed by atoms with E-state index in [4.69, 9.17) is 23.2 Å². The summed E-state index contributed by atoms with van der Waals surface area (Å²) >= 11 is 11.9. The number of unbranched alkanes of at least 4 members (excludes halogenated alkanes) is 1. The van der Waals surface area contributed by atoms with Crippen LogP contribution in [0.4, 0.5) is 0 Å². The van der Waals surface area contributed by atoms with Gasteiger partial charge in [-0.2, -0.15) is 0 Å². The van der Waals surface area contributed by atoms with Crippen LogP contribution in [0.2, 0.25) is 10.0 Å². The molecule has 4 rings (SSSR count). The monoisotopic (exact) mass is 514 g/mol. The van der Waals surface area contributed by atoms with Crippen molar-refractivity contribution in [2.45, 2.75) is 51.6 Å². The lowest BCUT2D eigenvalue weighted by molar-refractivity contribution is 0.0953. The Balaban J connectivity index is 0.000000281. The number of aromatic nitrogens is 4. The molecular formula is C26H32Cl2N6O. The number of nitrogens with zero attached hydrogens (tertiary/aromatic N) is 4. The zero-order chi connectivity index (χ0) is 24.9. The van der Waals surface area contributed by atoms with Gasteiger partial charge >= 0.3 is 0 Å². The number of fused-ring (bicyclic) bond motifs is 1. The van der Waals surface area contributed by atoms with Crippen LogP contribution in [0.25, 0.3) is 0 Å². The van der Waals surface area contributed by atoms with Gasteiger partial charge < -0.3 is 15.2 Å². The first-order valence-corrected chi connectivity index (χ1v) is 12.7. The normalized spacial score (nSPS) is 12.3. The number of imidazole rings is 1. The Morgan fingerprint density at radius 1 is 1.09 bits per heavy atom. The summed E-state index contributed by atoms with van der Waals surface area (Å²) in [4.78, 5) is 24.5. The average molecular weight is 515 g/mol. The molecule has 3 aromatic heterocycles. The molecule has 0 unspecified atom stereocenters. The molecule has 0 aromatic carbocycles. The molecule has 9 heteroatoms. The number of amides is 1. The third-order valence-electron chi connectivity index (χ3n) is 5.65. The molecule has 2 N–H and O–H groups in total. The molecule has 186 valence electrons. The third kappa shape index (κ3) is 8.46. The van der Waals surface area contributed by atoms with Crippen molar-refractivity contribution in [2.24, 2.45) is 0 Å². The summed E-state index contributed by atoms with van der Waals surface area (Å²) in [6, 6.07) is 4.23. The molecule has 35 heavy (non-hydrogen) atoms. The van der Waals surface area contributed by atoms with Gasteiger partial charge in [-0.25, -0.2) is 4.98 Å². The molecule has 1 amide bonds. The van der Waals surface area contributed by atoms with Crippen molar-refractivity contribution in [1.29, 1.82) is 0 Å². The second kappa shape index (κ2) is 14.6. The van der Waals surface area contributed by atoms with E-state index in [9.17, 15) is 4.79 Å². The number of carbonyl (C=O) groups is 1. The average Bonchev–Trinajstić information content (AvgIpc) is 3.31. The van der Waals surface area contributed by atoms with Gasteiger partial charge in [-0.05, 0) is 56.7 Å². The highest BCUT2D eigenvalue weighted by molar-refractivity contribution is 6.39. The second-order valence-electron chi connectivity index (χ2n) is 8.22. The second-order valence-corrected chi connectivity index (χ2v) is 9.03. The fourth-order valence-electron chi connectivity index (χ4n) is 3.84. The van der Waals surface area contributed by atoms with Crippen molar-refractivity contribution in [3.8, 4) is 0 Å². The first-order valence-electron chi connectivity index (χ1n) is 11.9. The molecule has 1 aliphatic rings. The number of hydrogen-bond acceptors (Lipinski definition) is 5. The summed E-state index contributed by atoms with van der Waals surface area (Å²) in [7, 11) is 0. The first-order chi connectivity index (χ1) is 17.1. The lowest BCUT2D eigenvalue weighted by atomic mass is 9.96. The Labute approximate surface area is 217 Å². The van der Waals surface area contributed by atoms with Crippen molar-refractivity contribution in [3.63, 3.8) is 0 Å². The summed E-state index contributed by atoms with van der Waals surface area (Å²) < 4.78 is 2.04. The third-order valence-corrected chi connectivity index (χ3v) is 6.22. The molecule has 0 saturated carbocycles. The van der Waals surface area contributed by atoms with Crippen LogP contribution in [0.1, 0.15) is 53.1 Å².